The van der Waals surface area contributed by atoms with Gasteiger partial charge in [-0.2, -0.15) is 17.5 Å². The number of nitrogens with one attached hydrogen (secondary N) is 2. The molecule has 3 fully saturated rings. The van der Waals surface area contributed by atoms with E-state index >= 15 is 0 Å². The number of aliphatic imine (C=N–C) groups is 1. The smallest absolute Gasteiger partial charge is 0.390 e. The van der Waals surface area contributed by atoms with Crippen LogP contribution < -0.4 is 10.6 Å². The van der Waals surface area contributed by atoms with Crippen molar-refractivity contribution in [3.63, 3.8) is 0 Å². The van der Waals surface area contributed by atoms with Gasteiger partial charge in [-0.05, 0) is 56.9 Å². The van der Waals surface area contributed by atoms with E-state index in [1.54, 1.807) is 38.1 Å². The Labute approximate surface area is 223 Å². The zero-order valence-corrected chi connectivity index (χ0v) is 22.4. The highest BCUT2D eigenvalue weighted by atomic mass is 35.5. The van der Waals surface area contributed by atoms with E-state index in [0.29, 0.717) is 30.1 Å². The number of sulfonamides is 1. The van der Waals surface area contributed by atoms with Crippen LogP contribution in [0.4, 0.5) is 13.2 Å². The molecule has 1 aliphatic heterocycles. The van der Waals surface area contributed by atoms with E-state index in [0.717, 1.165) is 5.56 Å². The van der Waals surface area contributed by atoms with Crippen molar-refractivity contribution in [3.8, 4) is 0 Å². The summed E-state index contributed by atoms with van der Waals surface area (Å²) in [5.41, 5.74) is -1.06. The number of amidine groups is 1. The summed E-state index contributed by atoms with van der Waals surface area (Å²) in [5, 5.41) is 6.18. The van der Waals surface area contributed by atoms with Crippen molar-refractivity contribution in [2.24, 2.45) is 10.4 Å². The molecule has 2 heterocycles. The summed E-state index contributed by atoms with van der Waals surface area (Å²) in [6.07, 6.45) is -1.43. The van der Waals surface area contributed by atoms with Gasteiger partial charge in [0.25, 0.3) is 0 Å². The van der Waals surface area contributed by atoms with Crippen LogP contribution in [0.5, 0.6) is 0 Å². The molecular formula is C25H28ClF3N4O4S. The molecule has 2 aromatic rings. The van der Waals surface area contributed by atoms with Crippen LogP contribution in [0.3, 0.4) is 0 Å². The topological polar surface area (TPSA) is 104 Å². The maximum atomic E-state index is 13.6. The van der Waals surface area contributed by atoms with E-state index in [2.05, 4.69) is 15.6 Å². The van der Waals surface area contributed by atoms with Gasteiger partial charge < -0.3 is 15.1 Å². The summed E-state index contributed by atoms with van der Waals surface area (Å²) < 4.78 is 71.3. The Balaban J connectivity index is 1.34. The van der Waals surface area contributed by atoms with Crippen LogP contribution in [-0.2, 0) is 21.4 Å². The zero-order chi connectivity index (χ0) is 27.6. The van der Waals surface area contributed by atoms with Gasteiger partial charge >= 0.3 is 6.18 Å². The van der Waals surface area contributed by atoms with Crippen molar-refractivity contribution in [1.29, 1.82) is 0 Å². The van der Waals surface area contributed by atoms with Crippen molar-refractivity contribution in [2.45, 2.75) is 74.3 Å². The van der Waals surface area contributed by atoms with Crippen LogP contribution in [-0.4, -0.2) is 54.3 Å². The Kier molecular flexibility index (Phi) is 6.39. The number of rotatable bonds is 9. The average molecular weight is 573 g/mol. The molecular weight excluding hydrogens is 545 g/mol. The first-order valence-corrected chi connectivity index (χ1v) is 14.0. The first-order valence-electron chi connectivity index (χ1n) is 12.2. The monoisotopic (exact) mass is 572 g/mol. The molecule has 3 saturated carbocycles. The molecule has 0 spiro atoms. The standard InChI is InChI=1S/C25H28ClF3N4O4S/c1-22(2)19(20(34)30-9-8-25(27,28)29)31-21(32-22)23-13-24(14-23,15-23)33(11-16-3-5-17(26)6-4-16)38(35,36)18-7-10-37-12-18/h3-7,10,12,19H,8-9,11,13-15H2,1-2H3,(H,30,34)(H,31,32)/t19-,23?,24?/m0/s1. The van der Waals surface area contributed by atoms with E-state index in [1.165, 1.54) is 22.9 Å². The van der Waals surface area contributed by atoms with E-state index in [9.17, 15) is 26.4 Å². The molecule has 13 heteroatoms. The molecule has 0 radical (unpaired) electrons. The number of benzene rings is 1. The van der Waals surface area contributed by atoms with Crippen LogP contribution in [0.1, 0.15) is 45.1 Å². The van der Waals surface area contributed by atoms with Crippen molar-refractivity contribution in [3.05, 3.63) is 53.4 Å². The largest absolute Gasteiger partial charge is 0.471 e. The Morgan fingerprint density at radius 1 is 1.21 bits per heavy atom. The molecule has 0 saturated heterocycles. The number of carbonyl (C=O) groups is 1. The summed E-state index contributed by atoms with van der Waals surface area (Å²) in [4.78, 5) is 17.3. The number of furan rings is 1. The van der Waals surface area contributed by atoms with E-state index in [1.807, 2.05) is 0 Å². The minimum atomic E-state index is -4.36. The molecule has 2 bridgehead atoms. The summed E-state index contributed by atoms with van der Waals surface area (Å²) in [6.45, 7) is 3.18. The van der Waals surface area contributed by atoms with Gasteiger partial charge in [0.2, 0.25) is 15.9 Å². The van der Waals surface area contributed by atoms with Gasteiger partial charge in [0.15, 0.2) is 6.04 Å². The molecule has 1 aromatic carbocycles. The van der Waals surface area contributed by atoms with Crippen molar-refractivity contribution >= 4 is 33.4 Å². The lowest BCUT2D eigenvalue weighted by molar-refractivity contribution is -0.151. The molecule has 1 aromatic heterocycles. The number of halogens is 4. The highest BCUT2D eigenvalue weighted by molar-refractivity contribution is 7.89. The van der Waals surface area contributed by atoms with Gasteiger partial charge in [-0.15, -0.1) is 0 Å². The molecule has 2 N–H and O–H groups in total. The summed E-state index contributed by atoms with van der Waals surface area (Å²) in [6, 6.07) is 7.52. The highest BCUT2D eigenvalue weighted by Gasteiger charge is 2.75. The maximum absolute atomic E-state index is 13.6. The van der Waals surface area contributed by atoms with Gasteiger partial charge in [0.1, 0.15) is 17.0 Å². The minimum Gasteiger partial charge on any atom is -0.471 e. The Morgan fingerprint density at radius 3 is 2.45 bits per heavy atom. The quantitative estimate of drug-likeness (QED) is 0.467. The maximum Gasteiger partial charge on any atom is 0.390 e. The normalized spacial score (nSPS) is 27.8. The van der Waals surface area contributed by atoms with Gasteiger partial charge in [0, 0.05) is 29.1 Å². The SMILES string of the molecule is CC1(C)NC(C23CC(N(Cc4ccc(Cl)cc4)S(=O)(=O)c4ccoc4)(C2)C3)=N[C@H]1C(=O)NCCC(F)(F)F. The van der Waals surface area contributed by atoms with Gasteiger partial charge in [0.05, 0.1) is 18.2 Å². The van der Waals surface area contributed by atoms with E-state index in [4.69, 9.17) is 16.0 Å². The fraction of sp³-hybridized carbons (Fsp3) is 0.520. The number of hydrogen-bond donors (Lipinski definition) is 2. The Bertz CT molecular complexity index is 1340. The van der Waals surface area contributed by atoms with Crippen molar-refractivity contribution in [1.82, 2.24) is 14.9 Å². The lowest BCUT2D eigenvalue weighted by atomic mass is 9.38. The molecule has 8 nitrogen and oxygen atoms in total. The van der Waals surface area contributed by atoms with Gasteiger partial charge in [-0.1, -0.05) is 23.7 Å². The summed E-state index contributed by atoms with van der Waals surface area (Å²) in [7, 11) is -3.88. The fourth-order valence-electron chi connectivity index (χ4n) is 5.82. The van der Waals surface area contributed by atoms with Crippen molar-refractivity contribution < 1.29 is 30.8 Å². The molecule has 38 heavy (non-hydrogen) atoms. The lowest BCUT2D eigenvalue weighted by Crippen LogP contribution is -2.78. The Morgan fingerprint density at radius 2 is 1.87 bits per heavy atom. The predicted octanol–water partition coefficient (Wildman–Crippen LogP) is 4.26. The zero-order valence-electron chi connectivity index (χ0n) is 20.8. The number of alkyl halides is 3. The second-order valence-corrected chi connectivity index (χ2v) is 13.3. The number of hydrogen-bond acceptors (Lipinski definition) is 6. The number of amides is 1. The fourth-order valence-corrected chi connectivity index (χ4v) is 7.62. The molecule has 6 rings (SSSR count). The highest BCUT2D eigenvalue weighted by Crippen LogP contribution is 2.71. The molecule has 4 aliphatic rings. The minimum absolute atomic E-state index is 0.0679. The van der Waals surface area contributed by atoms with Crippen molar-refractivity contribution in [2.75, 3.05) is 6.54 Å². The first kappa shape index (κ1) is 27.0. The second kappa shape index (κ2) is 8.99. The second-order valence-electron chi connectivity index (χ2n) is 11.0. The third-order valence-electron chi connectivity index (χ3n) is 7.69. The average Bonchev–Trinajstić information content (AvgIpc) is 3.40. The van der Waals surface area contributed by atoms with Crippen LogP contribution >= 0.6 is 11.6 Å². The molecule has 206 valence electrons. The molecule has 1 atom stereocenters. The summed E-state index contributed by atoms with van der Waals surface area (Å²) in [5.74, 6) is 0.0301. The summed E-state index contributed by atoms with van der Waals surface area (Å²) >= 11 is 6.01. The number of carbonyl (C=O) groups excluding carboxylic acids is 1. The molecule has 3 aliphatic carbocycles. The third-order valence-corrected chi connectivity index (χ3v) is 9.87. The van der Waals surface area contributed by atoms with E-state index in [-0.39, 0.29) is 11.4 Å². The molecule has 1 amide bonds. The Hall–Kier alpha value is -2.57. The van der Waals surface area contributed by atoms with Gasteiger partial charge in [-0.25, -0.2) is 8.42 Å². The molecule has 0 unspecified atom stereocenters. The van der Waals surface area contributed by atoms with E-state index < -0.39 is 57.6 Å². The number of nitrogens with zero attached hydrogens (tertiary/aromatic N) is 2. The first-order chi connectivity index (χ1) is 17.7. The van der Waals surface area contributed by atoms with Crippen LogP contribution in [0.25, 0.3) is 0 Å². The predicted molar refractivity (Wildman–Crippen MR) is 134 cm³/mol. The van der Waals surface area contributed by atoms with Gasteiger partial charge in [-0.3, -0.25) is 9.79 Å². The van der Waals surface area contributed by atoms with Crippen LogP contribution in [0.15, 0.2) is 57.2 Å². The van der Waals surface area contributed by atoms with Crippen LogP contribution in [0, 0.1) is 5.41 Å². The lowest BCUT2D eigenvalue weighted by Gasteiger charge is -2.72. The van der Waals surface area contributed by atoms with Crippen LogP contribution in [0.2, 0.25) is 5.02 Å². The third kappa shape index (κ3) is 4.71.